The lowest BCUT2D eigenvalue weighted by Gasteiger charge is -2.12. The molecule has 0 spiro atoms. The largest absolute Gasteiger partial charge is 0.376 e. The van der Waals surface area contributed by atoms with Crippen molar-refractivity contribution < 1.29 is 0 Å². The van der Waals surface area contributed by atoms with Crippen molar-refractivity contribution in [1.82, 2.24) is 0 Å². The van der Waals surface area contributed by atoms with E-state index in [1.54, 1.807) is 6.07 Å². The first kappa shape index (κ1) is 12.2. The maximum Gasteiger partial charge on any atom is 0.168 e. The molecular weight excluding hydrogens is 351 g/mol. The summed E-state index contributed by atoms with van der Waals surface area (Å²) in [4.78, 5) is 0. The smallest absolute Gasteiger partial charge is 0.168 e. The van der Waals surface area contributed by atoms with Gasteiger partial charge in [0.25, 0.3) is 0 Å². The fraction of sp³-hybridized carbons (Fsp3) is 0.125. The summed E-state index contributed by atoms with van der Waals surface area (Å²) in [6.45, 7) is 1.91. The van der Waals surface area contributed by atoms with Crippen molar-refractivity contribution in [2.24, 2.45) is 5.73 Å². The average molecular weight is 358 g/mol. The zero-order chi connectivity index (χ0) is 10.9. The van der Waals surface area contributed by atoms with Crippen LogP contribution in [0.15, 0.2) is 15.0 Å². The third-order valence-electron chi connectivity index (χ3n) is 1.65. The number of nitrogens with two attached hydrogens (primary N) is 1. The molecule has 0 saturated carbocycles. The van der Waals surface area contributed by atoms with Crippen LogP contribution < -0.4 is 11.1 Å². The SMILES string of the molecule is Cc1c(Cl)cc(Br)c(NC(N)=S)c1Br. The Morgan fingerprint density at radius 3 is 2.64 bits per heavy atom. The Morgan fingerprint density at radius 2 is 2.14 bits per heavy atom. The van der Waals surface area contributed by atoms with E-state index < -0.39 is 0 Å². The number of rotatable bonds is 1. The molecule has 1 aromatic carbocycles. The third kappa shape index (κ3) is 2.59. The van der Waals surface area contributed by atoms with Crippen LogP contribution in [0.2, 0.25) is 5.02 Å². The highest BCUT2D eigenvalue weighted by Gasteiger charge is 2.11. The molecule has 0 saturated heterocycles. The van der Waals surface area contributed by atoms with E-state index in [9.17, 15) is 0 Å². The molecule has 2 nitrogen and oxygen atoms in total. The molecule has 0 amide bonds. The monoisotopic (exact) mass is 356 g/mol. The van der Waals surface area contributed by atoms with E-state index in [0.717, 1.165) is 20.2 Å². The van der Waals surface area contributed by atoms with Crippen LogP contribution in [0.25, 0.3) is 0 Å². The maximum atomic E-state index is 5.98. The minimum atomic E-state index is 0.216. The molecule has 0 radical (unpaired) electrons. The first-order valence-electron chi connectivity index (χ1n) is 3.64. The van der Waals surface area contributed by atoms with E-state index in [1.165, 1.54) is 0 Å². The van der Waals surface area contributed by atoms with Crippen molar-refractivity contribution in [3.8, 4) is 0 Å². The summed E-state index contributed by atoms with van der Waals surface area (Å²) in [5.41, 5.74) is 7.13. The molecule has 0 unspecified atom stereocenters. The van der Waals surface area contributed by atoms with Crippen LogP contribution in [-0.2, 0) is 0 Å². The van der Waals surface area contributed by atoms with Crippen LogP contribution in [0.5, 0.6) is 0 Å². The van der Waals surface area contributed by atoms with E-state index >= 15 is 0 Å². The van der Waals surface area contributed by atoms with Gasteiger partial charge >= 0.3 is 0 Å². The van der Waals surface area contributed by atoms with Crippen molar-refractivity contribution >= 4 is 66.5 Å². The van der Waals surface area contributed by atoms with Crippen LogP contribution in [-0.4, -0.2) is 5.11 Å². The van der Waals surface area contributed by atoms with Crippen LogP contribution >= 0.6 is 55.7 Å². The Kier molecular flexibility index (Phi) is 4.18. The molecular formula is C8H7Br2ClN2S. The van der Waals surface area contributed by atoms with Crippen LogP contribution in [0, 0.1) is 6.92 Å². The van der Waals surface area contributed by atoms with Gasteiger partial charge in [-0.1, -0.05) is 11.6 Å². The minimum absolute atomic E-state index is 0.216. The fourth-order valence-corrected chi connectivity index (χ4v) is 2.80. The standard InChI is InChI=1S/C8H7Br2ClN2S/c1-3-5(11)2-4(9)7(6(3)10)13-8(12)14/h2H,1H3,(H3,12,13,14). The Balaban J connectivity index is 3.29. The predicted octanol–water partition coefficient (Wildman–Crippen LogP) is 3.83. The van der Waals surface area contributed by atoms with Crippen molar-refractivity contribution in [3.05, 3.63) is 25.6 Å². The second kappa shape index (κ2) is 4.79. The van der Waals surface area contributed by atoms with E-state index in [1.807, 2.05) is 6.92 Å². The summed E-state index contributed by atoms with van der Waals surface area (Å²) in [6.07, 6.45) is 0. The number of benzene rings is 1. The number of hydrogen-bond acceptors (Lipinski definition) is 1. The van der Waals surface area contributed by atoms with Crippen molar-refractivity contribution in [2.45, 2.75) is 6.92 Å². The number of halogens is 3. The minimum Gasteiger partial charge on any atom is -0.376 e. The Labute approximate surface area is 109 Å². The first-order valence-corrected chi connectivity index (χ1v) is 6.01. The topological polar surface area (TPSA) is 38.0 Å². The van der Waals surface area contributed by atoms with Gasteiger partial charge in [-0.2, -0.15) is 0 Å². The van der Waals surface area contributed by atoms with E-state index in [0.29, 0.717) is 5.02 Å². The number of anilines is 1. The molecule has 6 heteroatoms. The molecule has 0 fully saturated rings. The van der Waals surface area contributed by atoms with Gasteiger partial charge in [-0.15, -0.1) is 0 Å². The number of thiocarbonyl (C=S) groups is 1. The van der Waals surface area contributed by atoms with Crippen LogP contribution in [0.1, 0.15) is 5.56 Å². The van der Waals surface area contributed by atoms with Crippen molar-refractivity contribution in [3.63, 3.8) is 0 Å². The third-order valence-corrected chi connectivity index (χ3v) is 3.76. The maximum absolute atomic E-state index is 5.98. The number of nitrogens with one attached hydrogen (secondary N) is 1. The van der Waals surface area contributed by atoms with Crippen molar-refractivity contribution in [2.75, 3.05) is 5.32 Å². The van der Waals surface area contributed by atoms with Gasteiger partial charge in [0.15, 0.2) is 5.11 Å². The molecule has 0 aromatic heterocycles. The molecule has 0 aliphatic carbocycles. The van der Waals surface area contributed by atoms with Gasteiger partial charge in [-0.25, -0.2) is 0 Å². The summed E-state index contributed by atoms with van der Waals surface area (Å²) < 4.78 is 1.66. The lowest BCUT2D eigenvalue weighted by Crippen LogP contribution is -2.19. The summed E-state index contributed by atoms with van der Waals surface area (Å²) >= 11 is 17.5. The molecule has 0 aliphatic rings. The summed E-state index contributed by atoms with van der Waals surface area (Å²) in [7, 11) is 0. The molecule has 1 aromatic rings. The normalized spacial score (nSPS) is 10.0. The van der Waals surface area contributed by atoms with Gasteiger partial charge in [0.1, 0.15) is 0 Å². The Bertz CT molecular complexity index is 395. The highest BCUT2D eigenvalue weighted by molar-refractivity contribution is 9.11. The van der Waals surface area contributed by atoms with E-state index in [4.69, 9.17) is 29.6 Å². The second-order valence-electron chi connectivity index (χ2n) is 2.64. The Morgan fingerprint density at radius 1 is 1.57 bits per heavy atom. The van der Waals surface area contributed by atoms with Gasteiger partial charge in [0.05, 0.1) is 5.69 Å². The van der Waals surface area contributed by atoms with Gasteiger partial charge in [-0.3, -0.25) is 0 Å². The molecule has 0 heterocycles. The fourth-order valence-electron chi connectivity index (χ4n) is 0.927. The van der Waals surface area contributed by atoms with E-state index in [-0.39, 0.29) is 5.11 Å². The predicted molar refractivity (Wildman–Crippen MR) is 72.0 cm³/mol. The molecule has 3 N–H and O–H groups in total. The molecule has 14 heavy (non-hydrogen) atoms. The summed E-state index contributed by atoms with van der Waals surface area (Å²) in [5, 5.41) is 3.76. The molecule has 0 aliphatic heterocycles. The Hall–Kier alpha value is 0.160. The summed E-state index contributed by atoms with van der Waals surface area (Å²) in [5.74, 6) is 0. The van der Waals surface area contributed by atoms with Crippen LogP contribution in [0.4, 0.5) is 5.69 Å². The van der Waals surface area contributed by atoms with Crippen LogP contribution in [0.3, 0.4) is 0 Å². The number of hydrogen-bond donors (Lipinski definition) is 2. The highest BCUT2D eigenvalue weighted by Crippen LogP contribution is 2.37. The zero-order valence-corrected chi connectivity index (χ0v) is 11.9. The van der Waals surface area contributed by atoms with Gasteiger partial charge in [0, 0.05) is 14.0 Å². The van der Waals surface area contributed by atoms with Gasteiger partial charge in [0.2, 0.25) is 0 Å². The summed E-state index contributed by atoms with van der Waals surface area (Å²) in [6, 6.07) is 1.79. The molecule has 0 atom stereocenters. The van der Waals surface area contributed by atoms with E-state index in [2.05, 4.69) is 37.2 Å². The average Bonchev–Trinajstić information content (AvgIpc) is 2.09. The highest BCUT2D eigenvalue weighted by atomic mass is 79.9. The van der Waals surface area contributed by atoms with Gasteiger partial charge in [-0.05, 0) is 62.6 Å². The lowest BCUT2D eigenvalue weighted by atomic mass is 10.2. The van der Waals surface area contributed by atoms with Crippen molar-refractivity contribution in [1.29, 1.82) is 0 Å². The quantitative estimate of drug-likeness (QED) is 0.750. The molecule has 76 valence electrons. The molecule has 0 bridgehead atoms. The van der Waals surface area contributed by atoms with Gasteiger partial charge < -0.3 is 11.1 Å². The molecule has 1 rings (SSSR count). The lowest BCUT2D eigenvalue weighted by molar-refractivity contribution is 1.40. The second-order valence-corrected chi connectivity index (χ2v) is 5.14. The zero-order valence-electron chi connectivity index (χ0n) is 7.20. The first-order chi connectivity index (χ1) is 6.43.